The van der Waals surface area contributed by atoms with Crippen molar-refractivity contribution in [3.05, 3.63) is 71.3 Å². The van der Waals surface area contributed by atoms with E-state index in [1.54, 1.807) is 29.1 Å². The first-order chi connectivity index (χ1) is 18.2. The van der Waals surface area contributed by atoms with Crippen LogP contribution < -0.4 is 20.3 Å². The van der Waals surface area contributed by atoms with Crippen LogP contribution in [0, 0.1) is 13.8 Å². The van der Waals surface area contributed by atoms with E-state index in [0.717, 1.165) is 46.6 Å². The van der Waals surface area contributed by atoms with Crippen molar-refractivity contribution < 1.29 is 9.53 Å². The van der Waals surface area contributed by atoms with Crippen molar-refractivity contribution in [3.8, 4) is 11.4 Å². The molecule has 0 saturated carbocycles. The Hall–Kier alpha value is -3.98. The molecule has 0 radical (unpaired) electrons. The Morgan fingerprint density at radius 2 is 1.63 bits per heavy atom. The summed E-state index contributed by atoms with van der Waals surface area (Å²) in [5.41, 5.74) is 6.89. The summed E-state index contributed by atoms with van der Waals surface area (Å²) in [5, 5.41) is 15.5. The number of nitrogens with zero attached hydrogens (tertiary/aromatic N) is 4. The molecule has 0 aliphatic rings. The molecule has 0 spiro atoms. The summed E-state index contributed by atoms with van der Waals surface area (Å²) in [5.74, 6) is 0.413. The molecule has 4 aromatic rings. The molecular formula is C29H34N6O2S. The Bertz CT molecular complexity index is 1460. The van der Waals surface area contributed by atoms with E-state index in [0.29, 0.717) is 11.3 Å². The van der Waals surface area contributed by atoms with Crippen LogP contribution in [0.1, 0.15) is 49.2 Å². The lowest BCUT2D eigenvalue weighted by Crippen LogP contribution is -2.34. The molecule has 3 aromatic carbocycles. The molecule has 8 nitrogen and oxygen atoms in total. The monoisotopic (exact) mass is 530 g/mol. The highest BCUT2D eigenvalue weighted by atomic mass is 32.1. The van der Waals surface area contributed by atoms with Gasteiger partial charge in [-0.25, -0.2) is 0 Å². The second-order valence-corrected chi connectivity index (χ2v) is 9.80. The molecule has 0 aliphatic carbocycles. The second kappa shape index (κ2) is 11.6. The zero-order valence-corrected chi connectivity index (χ0v) is 23.5. The van der Waals surface area contributed by atoms with Gasteiger partial charge in [0.25, 0.3) is 5.91 Å². The van der Waals surface area contributed by atoms with Gasteiger partial charge in [-0.05, 0) is 119 Å². The molecule has 1 aromatic heterocycles. The summed E-state index contributed by atoms with van der Waals surface area (Å²) in [6.45, 7) is 14.2. The fourth-order valence-electron chi connectivity index (χ4n) is 4.25. The highest BCUT2D eigenvalue weighted by Gasteiger charge is 2.14. The van der Waals surface area contributed by atoms with E-state index in [2.05, 4.69) is 54.5 Å². The molecule has 0 bridgehead atoms. The summed E-state index contributed by atoms with van der Waals surface area (Å²) in [6, 6.07) is 17.1. The number of anilines is 2. The third kappa shape index (κ3) is 6.11. The lowest BCUT2D eigenvalue weighted by Gasteiger charge is -2.22. The molecule has 1 heterocycles. The summed E-state index contributed by atoms with van der Waals surface area (Å²) in [6.07, 6.45) is 0.0655. The van der Waals surface area contributed by atoms with E-state index in [9.17, 15) is 4.79 Å². The molecule has 1 amide bonds. The van der Waals surface area contributed by atoms with Crippen LogP contribution in [0.2, 0.25) is 0 Å². The van der Waals surface area contributed by atoms with Gasteiger partial charge in [0.05, 0.1) is 11.8 Å². The number of aryl methyl sites for hydroxylation is 2. The minimum absolute atomic E-state index is 0.0655. The molecule has 2 N–H and O–H groups in total. The average molecular weight is 531 g/mol. The first-order valence-corrected chi connectivity index (χ1v) is 13.2. The first kappa shape index (κ1) is 27.1. The van der Waals surface area contributed by atoms with Crippen molar-refractivity contribution in [3.63, 3.8) is 0 Å². The minimum Gasteiger partial charge on any atom is -0.491 e. The average Bonchev–Trinajstić information content (AvgIpc) is 3.27. The molecule has 0 saturated heterocycles. The molecule has 0 atom stereocenters. The third-order valence-electron chi connectivity index (χ3n) is 6.21. The maximum absolute atomic E-state index is 12.7. The number of nitrogens with one attached hydrogen (secondary N) is 2. The molecule has 0 fully saturated rings. The third-order valence-corrected chi connectivity index (χ3v) is 6.42. The second-order valence-electron chi connectivity index (χ2n) is 9.39. The van der Waals surface area contributed by atoms with Crippen LogP contribution in [-0.2, 0) is 0 Å². The van der Waals surface area contributed by atoms with Crippen molar-refractivity contribution in [2.24, 2.45) is 0 Å². The van der Waals surface area contributed by atoms with E-state index >= 15 is 0 Å². The fourth-order valence-corrected chi connectivity index (χ4v) is 4.45. The van der Waals surface area contributed by atoms with Gasteiger partial charge in [0.15, 0.2) is 5.11 Å². The molecule has 4 rings (SSSR count). The Kier molecular flexibility index (Phi) is 8.26. The number of aromatic nitrogens is 3. The van der Waals surface area contributed by atoms with Gasteiger partial charge in [-0.15, -0.1) is 10.2 Å². The van der Waals surface area contributed by atoms with Crippen LogP contribution in [-0.4, -0.2) is 45.2 Å². The van der Waals surface area contributed by atoms with E-state index in [1.807, 2.05) is 32.9 Å². The van der Waals surface area contributed by atoms with Gasteiger partial charge >= 0.3 is 0 Å². The predicted molar refractivity (Wildman–Crippen MR) is 158 cm³/mol. The number of rotatable bonds is 8. The van der Waals surface area contributed by atoms with Crippen LogP contribution in [0.25, 0.3) is 16.7 Å². The number of amides is 1. The highest BCUT2D eigenvalue weighted by Crippen LogP contribution is 2.25. The van der Waals surface area contributed by atoms with Crippen LogP contribution in [0.3, 0.4) is 0 Å². The molecule has 38 heavy (non-hydrogen) atoms. The molecule has 9 heteroatoms. The Morgan fingerprint density at radius 1 is 0.974 bits per heavy atom. The van der Waals surface area contributed by atoms with Crippen LogP contribution >= 0.6 is 12.2 Å². The summed E-state index contributed by atoms with van der Waals surface area (Å²) in [7, 11) is 0. The summed E-state index contributed by atoms with van der Waals surface area (Å²) in [4.78, 5) is 16.6. The SMILES string of the molecule is CCN(CC)c1ccc(-n2nc3cc(C)c(NC(=S)NC(=O)c4ccc(OC(C)C)cc4)cc3n2)c(C)c1. The fraction of sp³-hybridized carbons (Fsp3) is 0.310. The van der Waals surface area contributed by atoms with Crippen molar-refractivity contribution in [1.29, 1.82) is 0 Å². The van der Waals surface area contributed by atoms with Gasteiger partial charge in [-0.2, -0.15) is 4.80 Å². The zero-order valence-electron chi connectivity index (χ0n) is 22.7. The van der Waals surface area contributed by atoms with Gasteiger partial charge in [-0.1, -0.05) is 0 Å². The van der Waals surface area contributed by atoms with Crippen LogP contribution in [0.15, 0.2) is 54.6 Å². The maximum atomic E-state index is 12.7. The van der Waals surface area contributed by atoms with E-state index in [4.69, 9.17) is 27.2 Å². The van der Waals surface area contributed by atoms with Gasteiger partial charge < -0.3 is 15.0 Å². The lowest BCUT2D eigenvalue weighted by molar-refractivity contribution is 0.0977. The van der Waals surface area contributed by atoms with E-state index < -0.39 is 0 Å². The number of thiocarbonyl (C=S) groups is 1. The predicted octanol–water partition coefficient (Wildman–Crippen LogP) is 5.80. The number of carbonyl (C=O) groups excluding carboxylic acids is 1. The quantitative estimate of drug-likeness (QED) is 0.279. The maximum Gasteiger partial charge on any atom is 0.257 e. The van der Waals surface area contributed by atoms with Crippen LogP contribution in [0.4, 0.5) is 11.4 Å². The molecule has 0 aliphatic heterocycles. The number of carbonyl (C=O) groups is 1. The van der Waals surface area contributed by atoms with E-state index in [-0.39, 0.29) is 17.1 Å². The molecule has 198 valence electrons. The van der Waals surface area contributed by atoms with Crippen LogP contribution in [0.5, 0.6) is 5.75 Å². The summed E-state index contributed by atoms with van der Waals surface area (Å²) < 4.78 is 5.63. The standard InChI is InChI=1S/C29H34N6O2S/c1-7-34(8-2)22-11-14-27(20(6)15-22)35-32-25-16-19(5)24(17-26(25)33-35)30-29(38)31-28(36)21-9-12-23(13-10-21)37-18(3)4/h9-18H,7-8H2,1-6H3,(H2,30,31,36,38). The first-order valence-electron chi connectivity index (χ1n) is 12.8. The van der Waals surface area contributed by atoms with Crippen molar-refractivity contribution in [1.82, 2.24) is 20.3 Å². The van der Waals surface area contributed by atoms with Gasteiger partial charge in [0.1, 0.15) is 16.8 Å². The van der Waals surface area contributed by atoms with E-state index in [1.165, 1.54) is 5.69 Å². The summed E-state index contributed by atoms with van der Waals surface area (Å²) >= 11 is 5.42. The van der Waals surface area contributed by atoms with Crippen molar-refractivity contribution >= 4 is 45.6 Å². The smallest absolute Gasteiger partial charge is 0.257 e. The normalized spacial score (nSPS) is 11.0. The number of hydrogen-bond donors (Lipinski definition) is 2. The largest absolute Gasteiger partial charge is 0.491 e. The van der Waals surface area contributed by atoms with Gasteiger partial charge in [0, 0.05) is 30.0 Å². The number of ether oxygens (including phenoxy) is 1. The zero-order chi connectivity index (χ0) is 27.4. The van der Waals surface area contributed by atoms with Crippen molar-refractivity contribution in [2.75, 3.05) is 23.3 Å². The van der Waals surface area contributed by atoms with Crippen molar-refractivity contribution in [2.45, 2.75) is 47.6 Å². The lowest BCUT2D eigenvalue weighted by atomic mass is 10.1. The Balaban J connectivity index is 1.48. The minimum atomic E-state index is -0.299. The Morgan fingerprint density at radius 3 is 2.24 bits per heavy atom. The number of benzene rings is 3. The van der Waals surface area contributed by atoms with Gasteiger partial charge in [-0.3, -0.25) is 10.1 Å². The number of hydrogen-bond acceptors (Lipinski definition) is 6. The topological polar surface area (TPSA) is 84.3 Å². The highest BCUT2D eigenvalue weighted by molar-refractivity contribution is 7.80. The molecule has 0 unspecified atom stereocenters. The molecular weight excluding hydrogens is 496 g/mol. The van der Waals surface area contributed by atoms with Gasteiger partial charge in [0.2, 0.25) is 0 Å². The Labute approximate surface area is 229 Å². The number of fused-ring (bicyclic) bond motifs is 1.